The van der Waals surface area contributed by atoms with Gasteiger partial charge in [0.15, 0.2) is 0 Å². The van der Waals surface area contributed by atoms with Crippen LogP contribution >= 0.6 is 0 Å². The first kappa shape index (κ1) is 36.4. The number of hydrogen-bond acceptors (Lipinski definition) is 6. The van der Waals surface area contributed by atoms with E-state index in [0.717, 1.165) is 124 Å². The largest absolute Gasteiger partial charge is 0.458 e. The lowest BCUT2D eigenvalue weighted by Gasteiger charge is -2.42. The molecule has 0 spiro atoms. The minimum absolute atomic E-state index is 0.0102. The number of benzene rings is 10. The van der Waals surface area contributed by atoms with Crippen molar-refractivity contribution in [3.63, 3.8) is 0 Å². The van der Waals surface area contributed by atoms with Gasteiger partial charge in [-0.1, -0.05) is 97.1 Å². The molecule has 10 aromatic rings. The second-order valence-corrected chi connectivity index (χ2v) is 18.3. The Morgan fingerprint density at radius 3 is 0.853 bits per heavy atom. The van der Waals surface area contributed by atoms with Gasteiger partial charge in [-0.05, 0) is 164 Å². The van der Waals surface area contributed by atoms with Crippen LogP contribution in [-0.2, 0) is 0 Å². The smallest absolute Gasteiger partial charge is 0.266 e. The Balaban J connectivity index is 0.768. The lowest BCUT2D eigenvalue weighted by molar-refractivity contribution is 0.464. The third-order valence-corrected chi connectivity index (χ3v) is 14.7. The van der Waals surface area contributed by atoms with Crippen molar-refractivity contribution >= 4 is 80.3 Å². The van der Waals surface area contributed by atoms with Crippen LogP contribution in [0.25, 0.3) is 33.4 Å². The molecule has 0 fully saturated rings. The molecule has 0 aromatic heterocycles. The molecule has 0 saturated heterocycles. The molecule has 10 aromatic carbocycles. The molecule has 68 heavy (non-hydrogen) atoms. The summed E-state index contributed by atoms with van der Waals surface area (Å²) in [5.41, 5.74) is 20.0. The summed E-state index contributed by atoms with van der Waals surface area (Å²) in [6.45, 7) is -0.0204. The van der Waals surface area contributed by atoms with E-state index in [9.17, 15) is 0 Å². The Labute approximate surface area is 393 Å². The lowest BCUT2D eigenvalue weighted by atomic mass is 9.33. The summed E-state index contributed by atoms with van der Waals surface area (Å²) >= 11 is 0. The fourth-order valence-corrected chi connectivity index (χ4v) is 11.9. The molecule has 8 heteroatoms. The van der Waals surface area contributed by atoms with Gasteiger partial charge in [0.2, 0.25) is 0 Å². The van der Waals surface area contributed by atoms with Gasteiger partial charge in [-0.25, -0.2) is 0 Å². The summed E-state index contributed by atoms with van der Waals surface area (Å²) in [6, 6.07) is 73.0. The van der Waals surface area contributed by atoms with Crippen molar-refractivity contribution < 1.29 is 18.9 Å². The van der Waals surface area contributed by atoms with Crippen LogP contribution in [0.3, 0.4) is 0 Å². The molecule has 6 aliphatic heterocycles. The Hall–Kier alpha value is -8.87. The molecule has 0 aliphatic carbocycles. The maximum absolute atomic E-state index is 6.89. The Bertz CT molecular complexity index is 3450. The molecule has 0 bridgehead atoms. The third kappa shape index (κ3) is 4.93. The quantitative estimate of drug-likeness (QED) is 0.161. The molecular formula is C60H34B2N2O4. The molecule has 0 unspecified atom stereocenters. The van der Waals surface area contributed by atoms with E-state index in [4.69, 9.17) is 18.9 Å². The molecule has 314 valence electrons. The van der Waals surface area contributed by atoms with Gasteiger partial charge < -0.3 is 28.7 Å². The van der Waals surface area contributed by atoms with Gasteiger partial charge in [-0.3, -0.25) is 0 Å². The number of anilines is 6. The van der Waals surface area contributed by atoms with E-state index in [-0.39, 0.29) is 13.4 Å². The molecule has 0 radical (unpaired) electrons. The van der Waals surface area contributed by atoms with Gasteiger partial charge in [0.05, 0.1) is 0 Å². The number of ether oxygens (including phenoxy) is 4. The molecule has 6 aliphatic rings. The van der Waals surface area contributed by atoms with Crippen LogP contribution in [0, 0.1) is 0 Å². The highest BCUT2D eigenvalue weighted by Gasteiger charge is 2.49. The SMILES string of the molecule is c1ccc(N2c3cccc4c3B3c5c(cc(-c6cccc(-c7cccc(-c8cc9c%10c(c8)Oc8cccc%11c8B%10c8c(cccc8N%11c8ccccc8)O9)c7)c6)cc5Oc5cccc2c53)O4)cc1. The van der Waals surface area contributed by atoms with Crippen LogP contribution in [-0.4, -0.2) is 13.4 Å². The first-order valence-electron chi connectivity index (χ1n) is 23.2. The van der Waals surface area contributed by atoms with Crippen molar-refractivity contribution in [2.45, 2.75) is 0 Å². The summed E-state index contributed by atoms with van der Waals surface area (Å²) in [4.78, 5) is 4.68. The van der Waals surface area contributed by atoms with Gasteiger partial charge >= 0.3 is 0 Å². The van der Waals surface area contributed by atoms with E-state index >= 15 is 0 Å². The zero-order valence-corrected chi connectivity index (χ0v) is 36.3. The average molecular weight is 869 g/mol. The van der Waals surface area contributed by atoms with Crippen molar-refractivity contribution in [3.05, 3.63) is 206 Å². The fraction of sp³-hybridized carbons (Fsp3) is 0. The topological polar surface area (TPSA) is 43.4 Å². The maximum atomic E-state index is 6.89. The molecule has 0 saturated carbocycles. The molecular weight excluding hydrogens is 834 g/mol. The maximum Gasteiger partial charge on any atom is 0.266 e. The second-order valence-electron chi connectivity index (χ2n) is 18.3. The highest BCUT2D eigenvalue weighted by atomic mass is 16.5. The Morgan fingerprint density at radius 2 is 0.529 bits per heavy atom. The van der Waals surface area contributed by atoms with E-state index in [0.29, 0.717) is 0 Å². The summed E-state index contributed by atoms with van der Waals surface area (Å²) < 4.78 is 27.5. The minimum atomic E-state index is -0.0102. The van der Waals surface area contributed by atoms with E-state index in [1.807, 2.05) is 0 Å². The zero-order valence-electron chi connectivity index (χ0n) is 36.3. The van der Waals surface area contributed by atoms with Gasteiger partial charge in [-0.15, -0.1) is 0 Å². The standard InChI is InChI=1S/C60H34B2N2O4/c1-3-17-41(18-4-1)63-43-21-9-25-47-55(43)61-56-44(63)22-10-26-48(56)66-52-32-39(31-51(65-47)59(52)61)37-15-7-13-35(29-37)36-14-8-16-38(30-36)40-33-53-60-54(34-40)68-50-28-12-24-46-58(50)62(60)57-45(23-11-27-49(57)67-53)64(46)42-19-5-2-6-20-42/h1-34H. The van der Waals surface area contributed by atoms with Crippen LogP contribution in [0.4, 0.5) is 34.1 Å². The molecule has 6 heterocycles. The predicted octanol–water partition coefficient (Wildman–Crippen LogP) is 11.7. The first-order valence-corrected chi connectivity index (χ1v) is 23.2. The van der Waals surface area contributed by atoms with E-state index in [2.05, 4.69) is 216 Å². The Morgan fingerprint density at radius 1 is 0.235 bits per heavy atom. The van der Waals surface area contributed by atoms with Crippen molar-refractivity contribution in [1.29, 1.82) is 0 Å². The average Bonchev–Trinajstić information content (AvgIpc) is 3.39. The van der Waals surface area contributed by atoms with Gasteiger partial charge in [0.1, 0.15) is 46.0 Å². The fourth-order valence-electron chi connectivity index (χ4n) is 11.9. The minimum Gasteiger partial charge on any atom is -0.458 e. The molecule has 0 atom stereocenters. The van der Waals surface area contributed by atoms with E-state index < -0.39 is 0 Å². The van der Waals surface area contributed by atoms with Crippen LogP contribution in [0.1, 0.15) is 0 Å². The molecule has 16 rings (SSSR count). The molecule has 0 amide bonds. The number of nitrogens with zero attached hydrogens (tertiary/aromatic N) is 2. The highest BCUT2D eigenvalue weighted by molar-refractivity contribution is 7.01. The number of hydrogen-bond donors (Lipinski definition) is 0. The third-order valence-electron chi connectivity index (χ3n) is 14.7. The van der Waals surface area contributed by atoms with Crippen LogP contribution < -0.4 is 61.5 Å². The molecule has 0 N–H and O–H groups in total. The summed E-state index contributed by atoms with van der Waals surface area (Å²) in [7, 11) is 0. The second kappa shape index (κ2) is 13.4. The van der Waals surface area contributed by atoms with Gasteiger partial charge in [0, 0.05) is 45.0 Å². The summed E-state index contributed by atoms with van der Waals surface area (Å²) in [6.07, 6.45) is 0. The highest BCUT2D eigenvalue weighted by Crippen LogP contribution is 2.49. The van der Waals surface area contributed by atoms with Crippen molar-refractivity contribution in [2.75, 3.05) is 9.80 Å². The monoisotopic (exact) mass is 868 g/mol. The van der Waals surface area contributed by atoms with Gasteiger partial charge in [-0.2, -0.15) is 0 Å². The predicted molar refractivity (Wildman–Crippen MR) is 275 cm³/mol. The van der Waals surface area contributed by atoms with Crippen LogP contribution in [0.5, 0.6) is 46.0 Å². The van der Waals surface area contributed by atoms with Crippen molar-refractivity contribution in [1.82, 2.24) is 0 Å². The summed E-state index contributed by atoms with van der Waals surface area (Å²) in [5, 5.41) is 0. The van der Waals surface area contributed by atoms with Gasteiger partial charge in [0.25, 0.3) is 13.4 Å². The zero-order chi connectivity index (χ0) is 44.2. The summed E-state index contributed by atoms with van der Waals surface area (Å²) in [5.74, 6) is 6.81. The van der Waals surface area contributed by atoms with Crippen molar-refractivity contribution in [3.8, 4) is 79.4 Å². The lowest BCUT2D eigenvalue weighted by Crippen LogP contribution is -2.61. The van der Waals surface area contributed by atoms with Crippen molar-refractivity contribution in [2.24, 2.45) is 0 Å². The Kier molecular flexibility index (Phi) is 7.15. The first-order chi connectivity index (χ1) is 33.7. The number of rotatable bonds is 5. The number of para-hydroxylation sites is 2. The van der Waals surface area contributed by atoms with E-state index in [1.54, 1.807) is 0 Å². The van der Waals surface area contributed by atoms with Crippen LogP contribution in [0.2, 0.25) is 0 Å². The normalized spacial score (nSPS) is 13.9. The van der Waals surface area contributed by atoms with Crippen LogP contribution in [0.15, 0.2) is 206 Å². The molecule has 6 nitrogen and oxygen atoms in total. The van der Waals surface area contributed by atoms with E-state index in [1.165, 1.54) is 21.9 Å².